The van der Waals surface area contributed by atoms with E-state index in [1.165, 1.54) is 33.1 Å². The standard InChI is InChI=1S/C29H29N3O3/c1-20-25(28(33)24-18-23(29(34)35)12-13-26(24)30-20)19-31-14-16-32(17-15-31)27(21-8-4-2-5-9-21)22-10-6-3-7-11-22/h2-13,18,27H,14-17,19H2,1H3,(H,30,33)(H,34,35)/p+1. The molecule has 2 heterocycles. The molecule has 0 amide bonds. The van der Waals surface area contributed by atoms with Crippen LogP contribution in [-0.4, -0.2) is 37.1 Å². The number of aryl methyl sites for hydroxylation is 1. The van der Waals surface area contributed by atoms with Gasteiger partial charge < -0.3 is 24.7 Å². The van der Waals surface area contributed by atoms with E-state index in [1.807, 2.05) is 6.92 Å². The lowest BCUT2D eigenvalue weighted by atomic mass is 9.96. The molecular formula is C29H30N3O3+. The lowest BCUT2D eigenvalue weighted by molar-refractivity contribution is -1.03. The summed E-state index contributed by atoms with van der Waals surface area (Å²) in [7, 11) is 0. The number of aromatic amines is 1. The maximum atomic E-state index is 13.3. The van der Waals surface area contributed by atoms with Crippen molar-refractivity contribution in [3.05, 3.63) is 117 Å². The summed E-state index contributed by atoms with van der Waals surface area (Å²) < 4.78 is 0. The number of carboxylic acid groups (broad SMARTS) is 1. The van der Waals surface area contributed by atoms with Crippen LogP contribution in [0.5, 0.6) is 0 Å². The van der Waals surface area contributed by atoms with Gasteiger partial charge in [-0.1, -0.05) is 66.7 Å². The number of hydrogen-bond acceptors (Lipinski definition) is 3. The first-order valence-corrected chi connectivity index (χ1v) is 12.2. The van der Waals surface area contributed by atoms with Crippen molar-refractivity contribution in [2.24, 2.45) is 0 Å². The van der Waals surface area contributed by atoms with E-state index in [2.05, 4.69) is 65.6 Å². The number of benzene rings is 3. The highest BCUT2D eigenvalue weighted by Gasteiger charge is 2.32. The second-order valence-corrected chi connectivity index (χ2v) is 9.44. The van der Waals surface area contributed by atoms with Gasteiger partial charge in [0.25, 0.3) is 0 Å². The van der Waals surface area contributed by atoms with E-state index in [0.29, 0.717) is 17.4 Å². The van der Waals surface area contributed by atoms with Crippen molar-refractivity contribution in [3.8, 4) is 0 Å². The van der Waals surface area contributed by atoms with Gasteiger partial charge in [-0.15, -0.1) is 0 Å². The molecular weight excluding hydrogens is 438 g/mol. The number of aromatic carboxylic acids is 1. The van der Waals surface area contributed by atoms with E-state index in [-0.39, 0.29) is 17.0 Å². The molecule has 178 valence electrons. The number of carbonyl (C=O) groups is 1. The first-order chi connectivity index (χ1) is 17.0. The third kappa shape index (κ3) is 4.76. The number of H-pyrrole nitrogens is 1. The minimum Gasteiger partial charge on any atom is -0.545 e. The van der Waals surface area contributed by atoms with Crippen molar-refractivity contribution in [2.75, 3.05) is 26.2 Å². The number of fused-ring (bicyclic) bond motifs is 1. The Hall–Kier alpha value is -3.74. The summed E-state index contributed by atoms with van der Waals surface area (Å²) in [6, 6.07) is 26.2. The third-order valence-electron chi connectivity index (χ3n) is 7.25. The maximum Gasteiger partial charge on any atom is 0.198 e. The Bertz CT molecular complexity index is 1350. The zero-order valence-corrected chi connectivity index (χ0v) is 19.8. The van der Waals surface area contributed by atoms with Crippen molar-refractivity contribution in [2.45, 2.75) is 19.5 Å². The molecule has 3 aromatic carbocycles. The fourth-order valence-corrected chi connectivity index (χ4v) is 5.39. The summed E-state index contributed by atoms with van der Waals surface area (Å²) in [5.41, 5.74) is 4.80. The fourth-order valence-electron chi connectivity index (χ4n) is 5.39. The number of pyridine rings is 1. The average Bonchev–Trinajstić information content (AvgIpc) is 2.88. The fraction of sp³-hybridized carbons (Fsp3) is 0.241. The minimum atomic E-state index is -1.27. The summed E-state index contributed by atoms with van der Waals surface area (Å²) in [5, 5.41) is 11.7. The Morgan fingerprint density at radius 3 is 2.09 bits per heavy atom. The number of carbonyl (C=O) groups excluding carboxylic acids is 1. The Morgan fingerprint density at radius 1 is 0.914 bits per heavy atom. The molecule has 0 atom stereocenters. The largest absolute Gasteiger partial charge is 0.545 e. The van der Waals surface area contributed by atoms with E-state index in [0.717, 1.165) is 37.4 Å². The number of aromatic nitrogens is 1. The van der Waals surface area contributed by atoms with E-state index in [1.54, 1.807) is 6.07 Å². The molecule has 6 nitrogen and oxygen atoms in total. The van der Waals surface area contributed by atoms with Crippen LogP contribution >= 0.6 is 0 Å². The molecule has 1 saturated heterocycles. The molecule has 1 aromatic heterocycles. The van der Waals surface area contributed by atoms with Gasteiger partial charge in [0.1, 0.15) is 38.8 Å². The van der Waals surface area contributed by atoms with Crippen molar-refractivity contribution in [1.82, 2.24) is 4.98 Å². The lowest BCUT2D eigenvalue weighted by Crippen LogP contribution is -3.27. The van der Waals surface area contributed by atoms with Crippen LogP contribution in [0.4, 0.5) is 0 Å². The molecule has 5 rings (SSSR count). The summed E-state index contributed by atoms with van der Waals surface area (Å²) >= 11 is 0. The predicted molar refractivity (Wildman–Crippen MR) is 133 cm³/mol. The third-order valence-corrected chi connectivity index (χ3v) is 7.25. The SMILES string of the molecule is Cc1[nH]c2ccc(C(=O)[O-])cc2c(=O)c1C[NH+]1CC[NH+](C(c2ccccc2)c2ccccc2)CC1. The van der Waals surface area contributed by atoms with Gasteiger partial charge in [0, 0.05) is 27.7 Å². The number of hydrogen-bond donors (Lipinski definition) is 3. The molecule has 35 heavy (non-hydrogen) atoms. The van der Waals surface area contributed by atoms with Gasteiger partial charge >= 0.3 is 0 Å². The normalized spacial score (nSPS) is 18.1. The molecule has 0 bridgehead atoms. The molecule has 1 fully saturated rings. The maximum absolute atomic E-state index is 13.3. The summed E-state index contributed by atoms with van der Waals surface area (Å²) in [6.45, 7) is 6.47. The van der Waals surface area contributed by atoms with Gasteiger partial charge in [-0.25, -0.2) is 0 Å². The van der Waals surface area contributed by atoms with Gasteiger partial charge in [-0.2, -0.15) is 0 Å². The molecule has 0 radical (unpaired) electrons. The molecule has 3 N–H and O–H groups in total. The van der Waals surface area contributed by atoms with E-state index >= 15 is 0 Å². The lowest BCUT2D eigenvalue weighted by Gasteiger charge is -2.35. The van der Waals surface area contributed by atoms with Crippen LogP contribution in [0, 0.1) is 6.92 Å². The number of rotatable bonds is 6. The zero-order valence-electron chi connectivity index (χ0n) is 19.8. The Kier molecular flexibility index (Phi) is 6.49. The Labute approximate surface area is 204 Å². The Balaban J connectivity index is 1.36. The van der Waals surface area contributed by atoms with Gasteiger partial charge in [-0.3, -0.25) is 4.79 Å². The second-order valence-electron chi connectivity index (χ2n) is 9.44. The highest BCUT2D eigenvalue weighted by molar-refractivity contribution is 5.92. The van der Waals surface area contributed by atoms with Crippen molar-refractivity contribution < 1.29 is 19.7 Å². The van der Waals surface area contributed by atoms with E-state index in [4.69, 9.17) is 0 Å². The molecule has 4 aromatic rings. The topological polar surface area (TPSA) is 81.9 Å². The molecule has 0 saturated carbocycles. The van der Waals surface area contributed by atoms with Crippen LogP contribution in [0.25, 0.3) is 10.9 Å². The summed E-state index contributed by atoms with van der Waals surface area (Å²) in [5.74, 6) is -1.27. The molecule has 0 aliphatic carbocycles. The second kappa shape index (κ2) is 9.86. The highest BCUT2D eigenvalue weighted by atomic mass is 16.4. The van der Waals surface area contributed by atoms with Crippen molar-refractivity contribution >= 4 is 16.9 Å². The van der Waals surface area contributed by atoms with Crippen LogP contribution in [0.3, 0.4) is 0 Å². The summed E-state index contributed by atoms with van der Waals surface area (Å²) in [6.07, 6.45) is 0. The smallest absolute Gasteiger partial charge is 0.198 e. The molecule has 1 aliphatic heterocycles. The van der Waals surface area contributed by atoms with Crippen LogP contribution in [0.1, 0.15) is 38.8 Å². The average molecular weight is 469 g/mol. The molecule has 0 spiro atoms. The predicted octanol–water partition coefficient (Wildman–Crippen LogP) is 0.273. The highest BCUT2D eigenvalue weighted by Crippen LogP contribution is 2.19. The van der Waals surface area contributed by atoms with Crippen LogP contribution in [0.15, 0.2) is 83.7 Å². The van der Waals surface area contributed by atoms with Crippen molar-refractivity contribution in [3.63, 3.8) is 0 Å². The van der Waals surface area contributed by atoms with Gasteiger partial charge in [-0.05, 0) is 24.6 Å². The first kappa shape index (κ1) is 23.0. The van der Waals surface area contributed by atoms with Gasteiger partial charge in [0.2, 0.25) is 0 Å². The molecule has 1 aliphatic rings. The quantitative estimate of drug-likeness (QED) is 0.380. The van der Waals surface area contributed by atoms with Crippen LogP contribution < -0.4 is 20.3 Å². The minimum absolute atomic E-state index is 0.0234. The van der Waals surface area contributed by atoms with Gasteiger partial charge in [0.15, 0.2) is 5.43 Å². The molecule has 0 unspecified atom stereocenters. The van der Waals surface area contributed by atoms with E-state index < -0.39 is 5.97 Å². The number of carboxylic acids is 1. The van der Waals surface area contributed by atoms with Crippen LogP contribution in [-0.2, 0) is 6.54 Å². The van der Waals surface area contributed by atoms with E-state index in [9.17, 15) is 14.7 Å². The zero-order chi connectivity index (χ0) is 24.4. The number of piperazine rings is 1. The Morgan fingerprint density at radius 2 is 1.51 bits per heavy atom. The number of nitrogens with one attached hydrogen (secondary N) is 3. The summed E-state index contributed by atoms with van der Waals surface area (Å²) in [4.78, 5) is 30.8. The van der Waals surface area contributed by atoms with Crippen molar-refractivity contribution in [1.29, 1.82) is 0 Å². The monoisotopic (exact) mass is 468 g/mol. The van der Waals surface area contributed by atoms with Crippen LogP contribution in [0.2, 0.25) is 0 Å². The molecule has 6 heteroatoms. The first-order valence-electron chi connectivity index (χ1n) is 12.2. The van der Waals surface area contributed by atoms with Gasteiger partial charge in [0.05, 0.1) is 11.5 Å². The number of quaternary nitrogens is 2.